The molecule has 1 saturated heterocycles. The highest BCUT2D eigenvalue weighted by Gasteiger charge is 2.29. The second-order valence-corrected chi connectivity index (χ2v) is 10.9. The van der Waals surface area contributed by atoms with E-state index in [9.17, 15) is 19.1 Å². The first-order valence-electron chi connectivity index (χ1n) is 14.5. The van der Waals surface area contributed by atoms with Crippen molar-refractivity contribution in [2.24, 2.45) is 7.05 Å². The van der Waals surface area contributed by atoms with Crippen LogP contribution in [-0.4, -0.2) is 88.0 Å². The normalized spacial score (nSPS) is 15.6. The average Bonchev–Trinajstić information content (AvgIpc) is 3.42. The lowest BCUT2D eigenvalue weighted by atomic mass is 10.00. The molecule has 0 radical (unpaired) electrons. The largest absolute Gasteiger partial charge is 0.477 e. The van der Waals surface area contributed by atoms with Crippen LogP contribution >= 0.6 is 0 Å². The summed E-state index contributed by atoms with van der Waals surface area (Å²) < 4.78 is 38.3. The van der Waals surface area contributed by atoms with Crippen LogP contribution in [-0.2, 0) is 11.8 Å². The summed E-state index contributed by atoms with van der Waals surface area (Å²) in [5.74, 6) is -3.35. The van der Waals surface area contributed by atoms with Crippen LogP contribution in [0.5, 0.6) is 0 Å². The number of ether oxygens (including phenoxy) is 1. The maximum absolute atomic E-state index is 15.7. The van der Waals surface area contributed by atoms with Gasteiger partial charge in [0.25, 0.3) is 0 Å². The predicted octanol–water partition coefficient (Wildman–Crippen LogP) is 4.20. The number of halogens is 2. The maximum Gasteiger partial charge on any atom is 0.341 e. The molecule has 6 rings (SSSR count). The fraction of sp³-hybridized carbons (Fsp3) is 0.355. The summed E-state index contributed by atoms with van der Waals surface area (Å²) in [5, 5.41) is 13.1. The first-order valence-corrected chi connectivity index (χ1v) is 14.5. The van der Waals surface area contributed by atoms with E-state index >= 15 is 4.39 Å². The number of aromatic amines is 1. The minimum atomic E-state index is -1.34. The van der Waals surface area contributed by atoms with Gasteiger partial charge >= 0.3 is 5.97 Å². The van der Waals surface area contributed by atoms with Crippen molar-refractivity contribution in [2.75, 3.05) is 56.6 Å². The number of aryl methyl sites for hydroxylation is 1. The van der Waals surface area contributed by atoms with Crippen molar-refractivity contribution >= 4 is 50.3 Å². The van der Waals surface area contributed by atoms with E-state index in [2.05, 4.69) is 43.9 Å². The monoisotopic (exact) mass is 605 g/mol. The molecule has 44 heavy (non-hydrogen) atoms. The number of hydrogen-bond donors (Lipinski definition) is 3. The van der Waals surface area contributed by atoms with Gasteiger partial charge in [-0.25, -0.2) is 23.5 Å². The molecule has 1 atom stereocenters. The summed E-state index contributed by atoms with van der Waals surface area (Å²) in [4.78, 5) is 41.7. The third-order valence-corrected chi connectivity index (χ3v) is 8.40. The number of nitrogens with zero attached hydrogens (tertiary/aromatic N) is 5. The molecule has 1 aliphatic rings. The number of carboxylic acid groups (broad SMARTS) is 1. The van der Waals surface area contributed by atoms with Gasteiger partial charge in [-0.3, -0.25) is 4.79 Å². The first-order chi connectivity index (χ1) is 21.2. The van der Waals surface area contributed by atoms with Crippen LogP contribution in [0.2, 0.25) is 0 Å². The van der Waals surface area contributed by atoms with Gasteiger partial charge in [0.2, 0.25) is 5.43 Å². The van der Waals surface area contributed by atoms with E-state index in [0.29, 0.717) is 70.9 Å². The van der Waals surface area contributed by atoms with Crippen LogP contribution in [0.25, 0.3) is 44.1 Å². The number of likely N-dealkylation sites (N-methyl/N-ethyl adjacent to an activating group) is 1. The molecule has 0 bridgehead atoms. The van der Waals surface area contributed by atoms with Crippen molar-refractivity contribution in [1.82, 2.24) is 24.4 Å². The highest BCUT2D eigenvalue weighted by molar-refractivity contribution is 6.18. The second-order valence-electron chi connectivity index (χ2n) is 10.9. The minimum Gasteiger partial charge on any atom is -0.477 e. The third kappa shape index (κ3) is 4.81. The Morgan fingerprint density at radius 1 is 1.20 bits per heavy atom. The van der Waals surface area contributed by atoms with Gasteiger partial charge in [0.1, 0.15) is 16.9 Å². The van der Waals surface area contributed by atoms with Crippen molar-refractivity contribution < 1.29 is 23.4 Å². The Kier molecular flexibility index (Phi) is 7.68. The van der Waals surface area contributed by atoms with E-state index in [0.717, 1.165) is 19.2 Å². The molecule has 1 unspecified atom stereocenters. The van der Waals surface area contributed by atoms with E-state index in [1.54, 1.807) is 32.6 Å². The summed E-state index contributed by atoms with van der Waals surface area (Å²) in [7, 11) is 3.25. The third-order valence-electron chi connectivity index (χ3n) is 8.40. The number of carboxylic acids is 1. The Bertz CT molecular complexity index is 1990. The van der Waals surface area contributed by atoms with E-state index in [1.807, 2.05) is 0 Å². The number of carbonyl (C=O) groups is 1. The highest BCUT2D eigenvalue weighted by atomic mass is 19.2. The molecule has 1 aliphatic heterocycles. The van der Waals surface area contributed by atoms with Crippen LogP contribution in [0.4, 0.5) is 20.2 Å². The van der Waals surface area contributed by atoms with Crippen LogP contribution in [0.1, 0.15) is 24.2 Å². The molecule has 0 spiro atoms. The van der Waals surface area contributed by atoms with Crippen molar-refractivity contribution in [3.05, 3.63) is 58.1 Å². The minimum absolute atomic E-state index is 0.0540. The molecule has 4 aromatic heterocycles. The fourth-order valence-electron chi connectivity index (χ4n) is 6.15. The molecule has 230 valence electrons. The van der Waals surface area contributed by atoms with Crippen LogP contribution in [0.15, 0.2) is 35.5 Å². The molecule has 5 heterocycles. The summed E-state index contributed by atoms with van der Waals surface area (Å²) in [6.45, 7) is 7.93. The first kappa shape index (κ1) is 29.5. The lowest BCUT2D eigenvalue weighted by Crippen LogP contribution is -2.48. The number of morpholine rings is 1. The van der Waals surface area contributed by atoms with E-state index in [4.69, 9.17) is 4.74 Å². The van der Waals surface area contributed by atoms with E-state index in [-0.39, 0.29) is 22.4 Å². The smallest absolute Gasteiger partial charge is 0.341 e. The summed E-state index contributed by atoms with van der Waals surface area (Å²) in [5.41, 5.74) is 1.98. The Morgan fingerprint density at radius 2 is 1.98 bits per heavy atom. The van der Waals surface area contributed by atoms with Crippen molar-refractivity contribution in [3.8, 4) is 11.1 Å². The van der Waals surface area contributed by atoms with E-state index in [1.165, 1.54) is 10.8 Å². The van der Waals surface area contributed by atoms with E-state index < -0.39 is 23.0 Å². The SMILES string of the molecule is CCN(CC)CC1CN(c2c(-c3cnc4c(c3)c(=O)c(C(=O)O)cn4C)cnc3[nH]c4c(NC)cc(F)c(F)c4c23)CCO1. The Hall–Kier alpha value is -4.62. The van der Waals surface area contributed by atoms with Gasteiger partial charge in [0.05, 0.1) is 45.8 Å². The maximum atomic E-state index is 15.7. The summed E-state index contributed by atoms with van der Waals surface area (Å²) in [6.07, 6.45) is 4.28. The number of pyridine rings is 3. The van der Waals surface area contributed by atoms with Gasteiger partial charge < -0.3 is 34.5 Å². The van der Waals surface area contributed by atoms with Gasteiger partial charge in [0.15, 0.2) is 11.6 Å². The number of benzene rings is 1. The molecule has 5 aromatic rings. The van der Waals surface area contributed by atoms with Gasteiger partial charge in [-0.2, -0.15) is 0 Å². The quantitative estimate of drug-likeness (QED) is 0.238. The Balaban J connectivity index is 1.64. The number of hydrogen-bond acceptors (Lipinski definition) is 8. The zero-order chi connectivity index (χ0) is 31.3. The molecule has 1 fully saturated rings. The number of nitrogens with one attached hydrogen (secondary N) is 2. The van der Waals surface area contributed by atoms with Crippen molar-refractivity contribution in [3.63, 3.8) is 0 Å². The number of aromatic carboxylic acids is 1. The molecular formula is C31H33F2N7O4. The highest BCUT2D eigenvalue weighted by Crippen LogP contribution is 2.43. The fourth-order valence-corrected chi connectivity index (χ4v) is 6.15. The Morgan fingerprint density at radius 3 is 2.68 bits per heavy atom. The second kappa shape index (κ2) is 11.5. The number of aromatic nitrogens is 4. The average molecular weight is 606 g/mol. The number of rotatable bonds is 8. The lowest BCUT2D eigenvalue weighted by molar-refractivity contribution is 0.0178. The van der Waals surface area contributed by atoms with Gasteiger partial charge in [-0.1, -0.05) is 13.8 Å². The van der Waals surface area contributed by atoms with Crippen LogP contribution in [0, 0.1) is 11.6 Å². The van der Waals surface area contributed by atoms with Crippen molar-refractivity contribution in [2.45, 2.75) is 20.0 Å². The topological polar surface area (TPSA) is 129 Å². The van der Waals surface area contributed by atoms with Crippen LogP contribution < -0.4 is 15.6 Å². The Labute approximate surface area is 251 Å². The number of H-pyrrole nitrogens is 1. The molecule has 1 aromatic carbocycles. The molecule has 0 saturated carbocycles. The van der Waals surface area contributed by atoms with Gasteiger partial charge in [-0.15, -0.1) is 0 Å². The van der Waals surface area contributed by atoms with Crippen LogP contribution in [0.3, 0.4) is 0 Å². The molecular weight excluding hydrogens is 572 g/mol. The number of anilines is 2. The van der Waals surface area contributed by atoms with Gasteiger partial charge in [0, 0.05) is 69.5 Å². The summed E-state index contributed by atoms with van der Waals surface area (Å²) in [6, 6.07) is 2.69. The summed E-state index contributed by atoms with van der Waals surface area (Å²) >= 11 is 0. The number of fused-ring (bicyclic) bond motifs is 4. The molecule has 0 aliphatic carbocycles. The molecule has 0 amide bonds. The zero-order valence-electron chi connectivity index (χ0n) is 24.9. The zero-order valence-corrected chi connectivity index (χ0v) is 24.9. The molecule has 13 heteroatoms. The standard InChI is InChI=1S/C31H33F2N7O4/c1-5-39(6-2)13-17-14-40(7-8-44-17)27-19(16-9-18-28(41)20(31(42)43)15-38(4)30(18)36-11-16)12-35-29-24(27)23-25(33)21(32)10-22(34-3)26(23)37-29/h9-12,15,17,34H,5-8,13-14H2,1-4H3,(H,35,37)(H,42,43). The van der Waals surface area contributed by atoms with Crippen molar-refractivity contribution in [1.29, 1.82) is 0 Å². The van der Waals surface area contributed by atoms with Gasteiger partial charge in [-0.05, 0) is 19.2 Å². The molecule has 11 nitrogen and oxygen atoms in total. The predicted molar refractivity (Wildman–Crippen MR) is 166 cm³/mol. The molecule has 3 N–H and O–H groups in total. The lowest BCUT2D eigenvalue weighted by Gasteiger charge is -2.37.